The van der Waals surface area contributed by atoms with Crippen LogP contribution in [0.2, 0.25) is 0 Å². The van der Waals surface area contributed by atoms with Gasteiger partial charge in [0.2, 0.25) is 0 Å². The summed E-state index contributed by atoms with van der Waals surface area (Å²) in [6, 6.07) is 0.225. The summed E-state index contributed by atoms with van der Waals surface area (Å²) < 4.78 is 22.5. The third-order valence-corrected chi connectivity index (χ3v) is 2.14. The molecule has 1 N–H and O–H groups in total. The zero-order valence-electron chi connectivity index (χ0n) is 6.13. The summed E-state index contributed by atoms with van der Waals surface area (Å²) in [6.07, 6.45) is 4.34. The number of hydrogen-bond acceptors (Lipinski definition) is 3. The number of hydrogen-bond donors (Lipinski definition) is 1. The largest absolute Gasteiger partial charge is 1.00 e. The predicted molar refractivity (Wildman–Crippen MR) is 34.1 cm³/mol. The second-order valence-electron chi connectivity index (χ2n) is 2.33. The van der Waals surface area contributed by atoms with E-state index in [1.807, 2.05) is 0 Å². The molecule has 0 heterocycles. The van der Waals surface area contributed by atoms with Crippen molar-refractivity contribution < 1.29 is 38.0 Å². The molecule has 3 nitrogen and oxygen atoms in total. The fourth-order valence-corrected chi connectivity index (χ4v) is 1.69. The molecule has 54 valence electrons. The van der Waals surface area contributed by atoms with Gasteiger partial charge in [0.15, 0.2) is 0 Å². The van der Waals surface area contributed by atoms with Gasteiger partial charge in [-0.3, -0.25) is 0 Å². The van der Waals surface area contributed by atoms with Gasteiger partial charge in [-0.2, -0.15) is 0 Å². The Morgan fingerprint density at radius 3 is 2.10 bits per heavy atom. The van der Waals surface area contributed by atoms with Crippen LogP contribution in [0, 0.1) is 0 Å². The van der Waals surface area contributed by atoms with Crippen molar-refractivity contribution in [2.24, 2.45) is 0 Å². The van der Waals surface area contributed by atoms with Crippen molar-refractivity contribution in [3.63, 3.8) is 0 Å². The average Bonchev–Trinajstić information content (AvgIpc) is 2.15. The molecule has 5 heteroatoms. The number of nitrogens with one attached hydrogen (secondary N) is 1. The quantitative estimate of drug-likeness (QED) is 0.377. The second-order valence-corrected chi connectivity index (χ2v) is 3.04. The first kappa shape index (κ1) is 10.9. The Morgan fingerprint density at radius 1 is 1.20 bits per heavy atom. The molecule has 0 amide bonds. The summed E-state index contributed by atoms with van der Waals surface area (Å²) >= 11 is 0. The van der Waals surface area contributed by atoms with Crippen LogP contribution in [0.3, 0.4) is 0 Å². The number of rotatable bonds is 2. The van der Waals surface area contributed by atoms with Crippen LogP contribution in [0.1, 0.15) is 25.7 Å². The first-order valence-corrected chi connectivity index (χ1v) is 4.22. The fraction of sp³-hybridized carbons (Fsp3) is 1.00. The van der Waals surface area contributed by atoms with Gasteiger partial charge in [-0.15, -0.1) is 0 Å². The van der Waals surface area contributed by atoms with Gasteiger partial charge in [-0.05, 0) is 29.8 Å². The van der Waals surface area contributed by atoms with Crippen LogP contribution in [0.4, 0.5) is 0 Å². The van der Waals surface area contributed by atoms with E-state index in [2.05, 4.69) is 4.72 Å². The molecule has 0 spiro atoms. The van der Waals surface area contributed by atoms with Crippen molar-refractivity contribution in [2.45, 2.75) is 31.7 Å². The van der Waals surface area contributed by atoms with Gasteiger partial charge in [0, 0.05) is 0 Å². The van der Waals surface area contributed by atoms with Crippen molar-refractivity contribution >= 4 is 10.9 Å². The first-order valence-electron chi connectivity index (χ1n) is 3.14. The molecule has 0 aromatic carbocycles. The standard InChI is InChI=1S/C5H10NO2S.Na/c7-9(8)6-5-3-1-2-4-5;/h5H,1-4H2,(H,6,7,8);/q-1;+1. The van der Waals surface area contributed by atoms with Crippen LogP contribution in [0.5, 0.6) is 0 Å². The Bertz CT molecular complexity index is 146. The maximum Gasteiger partial charge on any atom is 1.00 e. The van der Waals surface area contributed by atoms with E-state index in [0.29, 0.717) is 0 Å². The van der Waals surface area contributed by atoms with E-state index in [9.17, 15) is 8.42 Å². The van der Waals surface area contributed by atoms with E-state index >= 15 is 0 Å². The molecule has 1 saturated carbocycles. The monoisotopic (exact) mass is 171 g/mol. The minimum absolute atomic E-state index is 0. The van der Waals surface area contributed by atoms with Crippen LogP contribution in [-0.2, 0) is 19.3 Å². The zero-order valence-corrected chi connectivity index (χ0v) is 8.95. The molecule has 10 heavy (non-hydrogen) atoms. The zero-order chi connectivity index (χ0) is 6.69. The predicted octanol–water partition coefficient (Wildman–Crippen LogP) is -2.25. The van der Waals surface area contributed by atoms with Crippen molar-refractivity contribution in [3.05, 3.63) is 0 Å². The van der Waals surface area contributed by atoms with Crippen LogP contribution < -0.4 is 34.3 Å². The molecule has 0 atom stereocenters. The summed E-state index contributed by atoms with van der Waals surface area (Å²) in [5.74, 6) is 0. The minimum atomic E-state index is -2.06. The van der Waals surface area contributed by atoms with E-state index in [1.54, 1.807) is 0 Å². The molecule has 0 aromatic heterocycles. The minimum Gasteiger partial charge on any atom is -0.409 e. The van der Waals surface area contributed by atoms with Crippen LogP contribution in [0.25, 0.3) is 0 Å². The summed E-state index contributed by atoms with van der Waals surface area (Å²) in [7, 11) is -2.06. The van der Waals surface area contributed by atoms with Crippen LogP contribution >= 0.6 is 0 Å². The van der Waals surface area contributed by atoms with Gasteiger partial charge < -0.3 is 13.1 Å². The van der Waals surface area contributed by atoms with E-state index < -0.39 is 10.9 Å². The molecule has 0 saturated heterocycles. The molecule has 1 aliphatic rings. The molecule has 0 radical (unpaired) electrons. The van der Waals surface area contributed by atoms with Crippen molar-refractivity contribution in [1.82, 2.24) is 4.72 Å². The van der Waals surface area contributed by atoms with Crippen molar-refractivity contribution in [3.8, 4) is 0 Å². The van der Waals surface area contributed by atoms with Gasteiger partial charge in [0.25, 0.3) is 0 Å². The summed E-state index contributed by atoms with van der Waals surface area (Å²) in [6.45, 7) is 0. The van der Waals surface area contributed by atoms with Gasteiger partial charge >= 0.3 is 29.6 Å². The van der Waals surface area contributed by atoms with Gasteiger partial charge in [0.1, 0.15) is 0 Å². The first-order chi connectivity index (χ1) is 4.29. The third kappa shape index (κ3) is 3.93. The molecular formula is C5H10NNaO2S. The maximum atomic E-state index is 10.0. The summed E-state index contributed by atoms with van der Waals surface area (Å²) in [5.41, 5.74) is 0. The maximum absolute atomic E-state index is 10.0. The van der Waals surface area contributed by atoms with E-state index in [0.717, 1.165) is 25.7 Å². The Hall–Kier alpha value is 0.910. The smallest absolute Gasteiger partial charge is 0.409 e. The topological polar surface area (TPSA) is 46.2 Å². The SMILES string of the molecule is O=[S-](=O)NC1CCCC1.[Na+]. The third-order valence-electron chi connectivity index (χ3n) is 1.62. The summed E-state index contributed by atoms with van der Waals surface area (Å²) in [4.78, 5) is 0. The Kier molecular flexibility index (Phi) is 6.05. The summed E-state index contributed by atoms with van der Waals surface area (Å²) in [5, 5.41) is 0. The van der Waals surface area contributed by atoms with Crippen molar-refractivity contribution in [1.29, 1.82) is 0 Å². The average molecular weight is 171 g/mol. The van der Waals surface area contributed by atoms with E-state index in [-0.39, 0.29) is 35.6 Å². The molecule has 1 fully saturated rings. The fourth-order valence-electron chi connectivity index (χ4n) is 1.18. The molecule has 0 aliphatic heterocycles. The molecule has 1 aliphatic carbocycles. The van der Waals surface area contributed by atoms with Crippen molar-refractivity contribution in [2.75, 3.05) is 0 Å². The van der Waals surface area contributed by atoms with Gasteiger partial charge in [-0.1, -0.05) is 12.8 Å². The molecule has 1 rings (SSSR count). The van der Waals surface area contributed by atoms with Crippen LogP contribution in [0.15, 0.2) is 0 Å². The Morgan fingerprint density at radius 2 is 1.70 bits per heavy atom. The Balaban J connectivity index is 0.000000810. The van der Waals surface area contributed by atoms with Crippen LogP contribution in [-0.4, -0.2) is 6.04 Å². The van der Waals surface area contributed by atoms with Gasteiger partial charge in [-0.25, -0.2) is 0 Å². The normalized spacial score (nSPS) is 19.3. The van der Waals surface area contributed by atoms with E-state index in [1.165, 1.54) is 0 Å². The van der Waals surface area contributed by atoms with Gasteiger partial charge in [0.05, 0.1) is 0 Å². The second kappa shape index (κ2) is 5.55. The molecule has 0 bridgehead atoms. The van der Waals surface area contributed by atoms with E-state index in [4.69, 9.17) is 0 Å². The Labute approximate surface area is 84.9 Å². The molecule has 0 aromatic rings. The molecule has 0 unspecified atom stereocenters. The molecular weight excluding hydrogens is 161 g/mol.